The van der Waals surface area contributed by atoms with Gasteiger partial charge >= 0.3 is 5.97 Å². The van der Waals surface area contributed by atoms with Gasteiger partial charge in [-0.15, -0.1) is 0 Å². The van der Waals surface area contributed by atoms with Crippen LogP contribution in [0, 0.1) is 17.3 Å². The Labute approximate surface area is 151 Å². The molecular formula is C22H30O3. The Balaban J connectivity index is 1.60. The number of ether oxygens (including phenoxy) is 2. The fraction of sp³-hybridized carbons (Fsp3) is 0.682. The highest BCUT2D eigenvalue weighted by Gasteiger charge is 2.52. The molecular weight excluding hydrogens is 312 g/mol. The van der Waals surface area contributed by atoms with Crippen molar-refractivity contribution in [3.05, 3.63) is 29.3 Å². The molecule has 0 radical (unpaired) electrons. The van der Waals surface area contributed by atoms with E-state index in [2.05, 4.69) is 25.1 Å². The van der Waals surface area contributed by atoms with Crippen molar-refractivity contribution in [2.75, 3.05) is 7.11 Å². The summed E-state index contributed by atoms with van der Waals surface area (Å²) >= 11 is 0. The molecule has 1 aromatic rings. The molecule has 25 heavy (non-hydrogen) atoms. The van der Waals surface area contributed by atoms with Crippen LogP contribution in [-0.2, 0) is 16.0 Å². The molecule has 0 saturated heterocycles. The fourth-order valence-corrected chi connectivity index (χ4v) is 6.29. The van der Waals surface area contributed by atoms with E-state index in [-0.39, 0.29) is 12.1 Å². The number of rotatable bonds is 2. The number of carbonyl (C=O) groups is 1. The summed E-state index contributed by atoms with van der Waals surface area (Å²) < 4.78 is 11.2. The summed E-state index contributed by atoms with van der Waals surface area (Å²) in [4.78, 5) is 11.3. The SMILES string of the molecule is COc1cccc2c1CC[C@@H]1[C@H]2CC[C@@H]2C[C@H](OC(C)=O)CC[C@]21C. The van der Waals surface area contributed by atoms with Crippen LogP contribution in [0.15, 0.2) is 18.2 Å². The van der Waals surface area contributed by atoms with Crippen molar-refractivity contribution in [2.45, 2.75) is 70.8 Å². The van der Waals surface area contributed by atoms with Crippen LogP contribution in [-0.4, -0.2) is 19.2 Å². The van der Waals surface area contributed by atoms with Crippen molar-refractivity contribution in [3.63, 3.8) is 0 Å². The maximum atomic E-state index is 11.3. The second-order valence-electron chi connectivity index (χ2n) is 8.57. The van der Waals surface area contributed by atoms with Crippen molar-refractivity contribution in [2.24, 2.45) is 17.3 Å². The van der Waals surface area contributed by atoms with Crippen LogP contribution in [0.2, 0.25) is 0 Å². The molecule has 0 heterocycles. The highest BCUT2D eigenvalue weighted by molar-refractivity contribution is 5.66. The zero-order valence-corrected chi connectivity index (χ0v) is 15.7. The molecule has 3 aliphatic carbocycles. The smallest absolute Gasteiger partial charge is 0.302 e. The third kappa shape index (κ3) is 2.76. The van der Waals surface area contributed by atoms with Gasteiger partial charge in [0.25, 0.3) is 0 Å². The van der Waals surface area contributed by atoms with Gasteiger partial charge in [0.2, 0.25) is 0 Å². The topological polar surface area (TPSA) is 35.5 Å². The van der Waals surface area contributed by atoms with Gasteiger partial charge in [0.05, 0.1) is 7.11 Å². The standard InChI is InChI=1S/C22H30O3/c1-14(23)25-16-11-12-22(2)15(13-16)7-8-18-17-5-4-6-21(24-3)19(17)9-10-20(18)22/h4-6,15-16,18,20H,7-13H2,1-3H3/t15-,16-,18+,20-,22-/m1/s1. The van der Waals surface area contributed by atoms with Gasteiger partial charge in [0.1, 0.15) is 11.9 Å². The van der Waals surface area contributed by atoms with Crippen molar-refractivity contribution >= 4 is 5.97 Å². The second kappa shape index (κ2) is 6.34. The molecule has 136 valence electrons. The minimum absolute atomic E-state index is 0.124. The molecule has 2 saturated carbocycles. The van der Waals surface area contributed by atoms with Gasteiger partial charge in [0.15, 0.2) is 0 Å². The molecule has 0 bridgehead atoms. The Morgan fingerprint density at radius 1 is 1.20 bits per heavy atom. The minimum atomic E-state index is -0.124. The zero-order valence-electron chi connectivity index (χ0n) is 15.7. The van der Waals surface area contributed by atoms with Crippen molar-refractivity contribution < 1.29 is 14.3 Å². The van der Waals surface area contributed by atoms with E-state index in [1.165, 1.54) is 43.7 Å². The average molecular weight is 342 g/mol. The number of fused-ring (bicyclic) bond motifs is 5. The first-order chi connectivity index (χ1) is 12.0. The summed E-state index contributed by atoms with van der Waals surface area (Å²) in [5.41, 5.74) is 3.37. The first-order valence-corrected chi connectivity index (χ1v) is 9.86. The predicted molar refractivity (Wildman–Crippen MR) is 97.8 cm³/mol. The molecule has 3 aliphatic rings. The van der Waals surface area contributed by atoms with Crippen molar-refractivity contribution in [1.29, 1.82) is 0 Å². The van der Waals surface area contributed by atoms with Gasteiger partial charge in [-0.05, 0) is 85.3 Å². The average Bonchev–Trinajstić information content (AvgIpc) is 2.60. The van der Waals surface area contributed by atoms with E-state index in [4.69, 9.17) is 9.47 Å². The van der Waals surface area contributed by atoms with E-state index in [0.717, 1.165) is 30.9 Å². The Hall–Kier alpha value is -1.51. The molecule has 0 N–H and O–H groups in total. The largest absolute Gasteiger partial charge is 0.496 e. The third-order valence-corrected chi connectivity index (χ3v) is 7.47. The molecule has 0 unspecified atom stereocenters. The van der Waals surface area contributed by atoms with Crippen molar-refractivity contribution in [1.82, 2.24) is 0 Å². The van der Waals surface area contributed by atoms with Gasteiger partial charge < -0.3 is 9.47 Å². The van der Waals surface area contributed by atoms with Crippen LogP contribution in [0.5, 0.6) is 5.75 Å². The molecule has 0 spiro atoms. The van der Waals surface area contributed by atoms with E-state index in [0.29, 0.717) is 17.3 Å². The molecule has 2 fully saturated rings. The molecule has 0 amide bonds. The predicted octanol–water partition coefficient (Wildman–Crippen LogP) is 4.87. The lowest BCUT2D eigenvalue weighted by Gasteiger charge is -2.56. The lowest BCUT2D eigenvalue weighted by Crippen LogP contribution is -2.49. The van der Waals surface area contributed by atoms with Crippen LogP contribution < -0.4 is 4.74 Å². The highest BCUT2D eigenvalue weighted by atomic mass is 16.5. The molecule has 0 aliphatic heterocycles. The maximum Gasteiger partial charge on any atom is 0.302 e. The third-order valence-electron chi connectivity index (χ3n) is 7.47. The quantitative estimate of drug-likeness (QED) is 0.719. The van der Waals surface area contributed by atoms with E-state index in [1.54, 1.807) is 7.11 Å². The van der Waals surface area contributed by atoms with Gasteiger partial charge in [-0.1, -0.05) is 19.1 Å². The number of esters is 1. The first-order valence-electron chi connectivity index (χ1n) is 9.86. The van der Waals surface area contributed by atoms with Crippen LogP contribution in [0.1, 0.15) is 69.4 Å². The highest BCUT2D eigenvalue weighted by Crippen LogP contribution is 2.61. The maximum absolute atomic E-state index is 11.3. The summed E-state index contributed by atoms with van der Waals surface area (Å²) in [5.74, 6) is 3.07. The van der Waals surface area contributed by atoms with Crippen molar-refractivity contribution in [3.8, 4) is 5.75 Å². The second-order valence-corrected chi connectivity index (χ2v) is 8.57. The van der Waals surface area contributed by atoms with E-state index in [9.17, 15) is 4.79 Å². The summed E-state index contributed by atoms with van der Waals surface area (Å²) in [6.45, 7) is 4.06. The molecule has 5 atom stereocenters. The van der Waals surface area contributed by atoms with Gasteiger partial charge in [-0.3, -0.25) is 4.79 Å². The Morgan fingerprint density at radius 3 is 2.80 bits per heavy atom. The number of benzene rings is 1. The lowest BCUT2D eigenvalue weighted by molar-refractivity contribution is -0.153. The number of carbonyl (C=O) groups excluding carboxylic acids is 1. The van der Waals surface area contributed by atoms with Gasteiger partial charge in [0, 0.05) is 6.92 Å². The van der Waals surface area contributed by atoms with E-state index < -0.39 is 0 Å². The first kappa shape index (κ1) is 16.9. The summed E-state index contributed by atoms with van der Waals surface area (Å²) in [6.07, 6.45) is 8.34. The number of hydrogen-bond acceptors (Lipinski definition) is 3. The minimum Gasteiger partial charge on any atom is -0.496 e. The molecule has 3 nitrogen and oxygen atoms in total. The van der Waals surface area contributed by atoms with Gasteiger partial charge in [-0.25, -0.2) is 0 Å². The van der Waals surface area contributed by atoms with Crippen LogP contribution in [0.4, 0.5) is 0 Å². The van der Waals surface area contributed by atoms with Crippen LogP contribution >= 0.6 is 0 Å². The Bertz CT molecular complexity index is 667. The summed E-state index contributed by atoms with van der Waals surface area (Å²) in [6, 6.07) is 6.60. The molecule has 0 aromatic heterocycles. The fourth-order valence-electron chi connectivity index (χ4n) is 6.29. The summed E-state index contributed by atoms with van der Waals surface area (Å²) in [7, 11) is 1.79. The number of methoxy groups -OCH3 is 1. The van der Waals surface area contributed by atoms with Gasteiger partial charge in [-0.2, -0.15) is 0 Å². The van der Waals surface area contributed by atoms with Crippen LogP contribution in [0.25, 0.3) is 0 Å². The molecule has 4 rings (SSSR count). The van der Waals surface area contributed by atoms with E-state index >= 15 is 0 Å². The monoisotopic (exact) mass is 342 g/mol. The summed E-state index contributed by atoms with van der Waals surface area (Å²) in [5, 5.41) is 0. The van der Waals surface area contributed by atoms with E-state index in [1.807, 2.05) is 0 Å². The van der Waals surface area contributed by atoms with Crippen LogP contribution in [0.3, 0.4) is 0 Å². The Morgan fingerprint density at radius 2 is 2.04 bits per heavy atom. The Kier molecular flexibility index (Phi) is 4.29. The zero-order chi connectivity index (χ0) is 17.6. The molecule has 1 aromatic carbocycles. The lowest BCUT2D eigenvalue weighted by atomic mass is 9.49. The molecule has 3 heteroatoms. The number of hydrogen-bond donors (Lipinski definition) is 0. The normalized spacial score (nSPS) is 36.6.